The van der Waals surface area contributed by atoms with E-state index in [1.165, 1.54) is 6.92 Å². The van der Waals surface area contributed by atoms with Crippen molar-refractivity contribution in [3.63, 3.8) is 0 Å². The van der Waals surface area contributed by atoms with Crippen molar-refractivity contribution in [1.29, 1.82) is 4.78 Å². The van der Waals surface area contributed by atoms with E-state index in [9.17, 15) is 13.8 Å². The standard InChI is InChI=1S/C18H18N4O3S2/c1-12(23)26-10-18(24)13-3-5-14(6-4-13)21-27(19,25)15-7-8-17-16(9-15)20-11-22(17)2/h3-9,11H,10H2,1-2H3,(H2,19,21,25). The third-order valence-corrected chi connectivity index (χ3v) is 6.16. The quantitative estimate of drug-likeness (QED) is 0.614. The Labute approximate surface area is 161 Å². The van der Waals surface area contributed by atoms with Crippen molar-refractivity contribution >= 4 is 49.3 Å². The molecule has 140 valence electrons. The number of thioether (sulfide) groups is 1. The van der Waals surface area contributed by atoms with Crippen LogP contribution < -0.4 is 4.72 Å². The molecule has 2 aromatic carbocycles. The van der Waals surface area contributed by atoms with Gasteiger partial charge in [0.2, 0.25) is 0 Å². The minimum absolute atomic E-state index is 0.0847. The van der Waals surface area contributed by atoms with Gasteiger partial charge in [-0.05, 0) is 42.5 Å². The number of hydrogen-bond acceptors (Lipinski definition) is 6. The molecule has 0 aliphatic rings. The molecule has 0 bridgehead atoms. The summed E-state index contributed by atoms with van der Waals surface area (Å²) in [7, 11) is -1.42. The first-order valence-electron chi connectivity index (χ1n) is 8.00. The van der Waals surface area contributed by atoms with Gasteiger partial charge in [0.05, 0.1) is 28.0 Å². The zero-order chi connectivity index (χ0) is 19.6. The van der Waals surface area contributed by atoms with Gasteiger partial charge in [-0.2, -0.15) is 0 Å². The number of benzene rings is 2. The van der Waals surface area contributed by atoms with Crippen LogP contribution in [0, 0.1) is 4.78 Å². The predicted molar refractivity (Wildman–Crippen MR) is 107 cm³/mol. The fourth-order valence-electron chi connectivity index (χ4n) is 2.49. The maximum Gasteiger partial charge on any atom is 0.186 e. The van der Waals surface area contributed by atoms with Gasteiger partial charge in [0.15, 0.2) is 20.8 Å². The van der Waals surface area contributed by atoms with Crippen molar-refractivity contribution in [2.75, 3.05) is 10.5 Å². The molecule has 3 rings (SSSR count). The van der Waals surface area contributed by atoms with E-state index in [0.29, 0.717) is 21.7 Å². The Morgan fingerprint density at radius 2 is 1.93 bits per heavy atom. The van der Waals surface area contributed by atoms with Gasteiger partial charge in [-0.15, -0.1) is 0 Å². The van der Waals surface area contributed by atoms with Crippen molar-refractivity contribution in [1.82, 2.24) is 9.55 Å². The zero-order valence-corrected chi connectivity index (χ0v) is 16.4. The number of Topliss-reactive ketones (excluding diaryl/α,β-unsaturated/α-hetero) is 1. The van der Waals surface area contributed by atoms with E-state index in [1.54, 1.807) is 48.8 Å². The van der Waals surface area contributed by atoms with E-state index in [0.717, 1.165) is 17.3 Å². The van der Waals surface area contributed by atoms with E-state index >= 15 is 0 Å². The second-order valence-corrected chi connectivity index (χ2v) is 8.89. The maximum atomic E-state index is 12.8. The molecule has 0 amide bonds. The van der Waals surface area contributed by atoms with Gasteiger partial charge in [-0.1, -0.05) is 11.8 Å². The molecule has 2 N–H and O–H groups in total. The fourth-order valence-corrected chi connectivity index (χ4v) is 4.12. The lowest BCUT2D eigenvalue weighted by Crippen LogP contribution is -2.11. The van der Waals surface area contributed by atoms with Gasteiger partial charge in [0.1, 0.15) is 0 Å². The van der Waals surface area contributed by atoms with Crippen LogP contribution in [0.3, 0.4) is 0 Å². The molecule has 9 heteroatoms. The Morgan fingerprint density at radius 3 is 2.59 bits per heavy atom. The number of ketones is 1. The molecule has 0 fully saturated rings. The summed E-state index contributed by atoms with van der Waals surface area (Å²) in [6.07, 6.45) is 1.66. The third-order valence-electron chi connectivity index (χ3n) is 3.90. The van der Waals surface area contributed by atoms with Gasteiger partial charge in [-0.25, -0.2) is 14.0 Å². The van der Waals surface area contributed by atoms with E-state index in [1.807, 2.05) is 11.6 Å². The minimum atomic E-state index is -3.28. The monoisotopic (exact) mass is 402 g/mol. The molecule has 1 unspecified atom stereocenters. The second kappa shape index (κ2) is 7.53. The van der Waals surface area contributed by atoms with E-state index < -0.39 is 9.92 Å². The first-order chi connectivity index (χ1) is 12.8. The molecule has 1 atom stereocenters. The predicted octanol–water partition coefficient (Wildman–Crippen LogP) is 3.47. The molecule has 0 aliphatic heterocycles. The molecule has 1 heterocycles. The summed E-state index contributed by atoms with van der Waals surface area (Å²) in [5, 5.41) is -0.111. The largest absolute Gasteiger partial charge is 0.334 e. The molecule has 3 aromatic rings. The Balaban J connectivity index is 1.76. The SMILES string of the molecule is CC(=O)SCC(=O)c1ccc(NS(=N)(=O)c2ccc3c(c2)ncn3C)cc1. The summed E-state index contributed by atoms with van der Waals surface area (Å²) in [6.45, 7) is 1.41. The normalized spacial score (nSPS) is 13.3. The number of nitrogens with one attached hydrogen (secondary N) is 2. The fraction of sp³-hybridized carbons (Fsp3) is 0.167. The molecule has 0 aliphatic carbocycles. The summed E-state index contributed by atoms with van der Waals surface area (Å²) >= 11 is 0.961. The summed E-state index contributed by atoms with van der Waals surface area (Å²) in [4.78, 5) is 27.5. The molecule has 7 nitrogen and oxygen atoms in total. The number of hydrogen-bond donors (Lipinski definition) is 2. The summed E-state index contributed by atoms with van der Waals surface area (Å²) in [5.41, 5.74) is 2.48. The van der Waals surface area contributed by atoms with Crippen LogP contribution in [0.2, 0.25) is 0 Å². The first kappa shape index (κ1) is 19.1. The van der Waals surface area contributed by atoms with Gasteiger partial charge in [-0.3, -0.25) is 14.3 Å². The second-order valence-electron chi connectivity index (χ2n) is 5.95. The smallest absolute Gasteiger partial charge is 0.186 e. The zero-order valence-electron chi connectivity index (χ0n) is 14.8. The topological polar surface area (TPSA) is 105 Å². The first-order valence-corrected chi connectivity index (χ1v) is 10.5. The van der Waals surface area contributed by atoms with Crippen molar-refractivity contribution < 1.29 is 13.8 Å². The Bertz CT molecular complexity index is 1120. The van der Waals surface area contributed by atoms with Crippen LogP contribution >= 0.6 is 11.8 Å². The maximum absolute atomic E-state index is 12.8. The highest BCUT2D eigenvalue weighted by atomic mass is 32.2. The Hall–Kier alpha value is -2.65. The molecule has 0 saturated heterocycles. The number of carbonyl (C=O) groups is 2. The minimum Gasteiger partial charge on any atom is -0.334 e. The average Bonchev–Trinajstić information content (AvgIpc) is 3.00. The van der Waals surface area contributed by atoms with E-state index in [4.69, 9.17) is 4.78 Å². The van der Waals surface area contributed by atoms with Gasteiger partial charge < -0.3 is 4.57 Å². The molecule has 0 radical (unpaired) electrons. The lowest BCUT2D eigenvalue weighted by Gasteiger charge is -2.11. The van der Waals surface area contributed by atoms with Crippen LogP contribution in [0.5, 0.6) is 0 Å². The number of carbonyl (C=O) groups excluding carboxylic acids is 2. The number of nitrogens with zero attached hydrogens (tertiary/aromatic N) is 2. The molecule has 0 spiro atoms. The van der Waals surface area contributed by atoms with Crippen LogP contribution in [-0.4, -0.2) is 30.4 Å². The summed E-state index contributed by atoms with van der Waals surface area (Å²) in [5.74, 6) is -0.0737. The third kappa shape index (κ3) is 4.37. The van der Waals surface area contributed by atoms with Crippen molar-refractivity contribution in [3.05, 3.63) is 54.4 Å². The van der Waals surface area contributed by atoms with Gasteiger partial charge >= 0.3 is 0 Å². The lowest BCUT2D eigenvalue weighted by molar-refractivity contribution is -0.109. The number of aromatic nitrogens is 2. The van der Waals surface area contributed by atoms with Crippen molar-refractivity contribution in [3.8, 4) is 0 Å². The highest BCUT2D eigenvalue weighted by molar-refractivity contribution is 8.14. The van der Waals surface area contributed by atoms with Crippen molar-refractivity contribution in [2.45, 2.75) is 11.8 Å². The van der Waals surface area contributed by atoms with Crippen LogP contribution in [0.25, 0.3) is 11.0 Å². The molecular formula is C18H18N4O3S2. The molecule has 0 saturated carbocycles. The average molecular weight is 403 g/mol. The van der Waals surface area contributed by atoms with Crippen molar-refractivity contribution in [2.24, 2.45) is 7.05 Å². The van der Waals surface area contributed by atoms with Gasteiger partial charge in [0.25, 0.3) is 0 Å². The van der Waals surface area contributed by atoms with E-state index in [2.05, 4.69) is 9.71 Å². The number of rotatable bonds is 6. The van der Waals surface area contributed by atoms with Gasteiger partial charge in [0, 0.05) is 25.2 Å². The Kier molecular flexibility index (Phi) is 5.33. The van der Waals surface area contributed by atoms with Crippen LogP contribution in [-0.2, 0) is 21.8 Å². The van der Waals surface area contributed by atoms with Crippen LogP contribution in [0.15, 0.2) is 53.7 Å². The molecular weight excluding hydrogens is 384 g/mol. The highest BCUT2D eigenvalue weighted by Gasteiger charge is 2.13. The van der Waals surface area contributed by atoms with Crippen LogP contribution in [0.1, 0.15) is 17.3 Å². The lowest BCUT2D eigenvalue weighted by atomic mass is 10.1. The van der Waals surface area contributed by atoms with E-state index in [-0.39, 0.29) is 16.7 Å². The number of anilines is 1. The Morgan fingerprint density at radius 1 is 1.22 bits per heavy atom. The summed E-state index contributed by atoms with van der Waals surface area (Å²) in [6, 6.07) is 11.4. The molecule has 1 aromatic heterocycles. The number of fused-ring (bicyclic) bond motifs is 1. The summed E-state index contributed by atoms with van der Waals surface area (Å²) < 4.78 is 25.6. The molecule has 27 heavy (non-hydrogen) atoms. The number of aryl methyl sites for hydroxylation is 1. The van der Waals surface area contributed by atoms with Crippen LogP contribution in [0.4, 0.5) is 5.69 Å². The highest BCUT2D eigenvalue weighted by Crippen LogP contribution is 2.21. The number of imidazole rings is 1.